The van der Waals surface area contributed by atoms with Crippen LogP contribution in [-0.4, -0.2) is 28.9 Å². The number of hydrogen-bond donors (Lipinski definition) is 1. The maximum atomic E-state index is 14.7. The smallest absolute Gasteiger partial charge is 0.301 e. The molecule has 3 aromatic rings. The molecule has 1 aliphatic rings. The highest BCUT2D eigenvalue weighted by Gasteiger charge is 2.48. The summed E-state index contributed by atoms with van der Waals surface area (Å²) in [6.45, 7) is 0. The van der Waals surface area contributed by atoms with Crippen LogP contribution in [-0.2, 0) is 9.59 Å². The summed E-state index contributed by atoms with van der Waals surface area (Å²) in [5.74, 6) is -2.21. The molecule has 7 heteroatoms. The lowest BCUT2D eigenvalue weighted by molar-refractivity contribution is -0.132. The maximum Gasteiger partial charge on any atom is 0.301 e. The van der Waals surface area contributed by atoms with Gasteiger partial charge in [0.05, 0.1) is 18.7 Å². The first-order chi connectivity index (χ1) is 14.5. The number of methoxy groups -OCH3 is 1. The molecule has 1 saturated heterocycles. The molecule has 150 valence electrons. The van der Waals surface area contributed by atoms with E-state index in [1.54, 1.807) is 42.5 Å². The Labute approximate surface area is 171 Å². The van der Waals surface area contributed by atoms with Gasteiger partial charge < -0.3 is 9.84 Å². The van der Waals surface area contributed by atoms with Gasteiger partial charge in [-0.25, -0.2) is 9.37 Å². The minimum absolute atomic E-state index is 0.0757. The molecule has 2 aromatic carbocycles. The summed E-state index contributed by atoms with van der Waals surface area (Å²) in [5.41, 5.74) is 0.130. The number of aliphatic hydroxyl groups is 1. The second kappa shape index (κ2) is 7.79. The zero-order valence-corrected chi connectivity index (χ0v) is 15.9. The van der Waals surface area contributed by atoms with Gasteiger partial charge in [-0.3, -0.25) is 14.5 Å². The average Bonchev–Trinajstić information content (AvgIpc) is 3.04. The minimum atomic E-state index is -1.17. The number of Topliss-reactive ketones (excluding diaryl/α,β-unsaturated/α-hetero) is 1. The Bertz CT molecular complexity index is 1160. The predicted octanol–water partition coefficient (Wildman–Crippen LogP) is 3.86. The van der Waals surface area contributed by atoms with E-state index in [9.17, 15) is 19.1 Å². The summed E-state index contributed by atoms with van der Waals surface area (Å²) < 4.78 is 19.9. The van der Waals surface area contributed by atoms with Crippen LogP contribution in [0.4, 0.5) is 10.2 Å². The Hall–Kier alpha value is -4.00. The topological polar surface area (TPSA) is 79.7 Å². The fourth-order valence-electron chi connectivity index (χ4n) is 3.48. The number of aromatic nitrogens is 1. The molecule has 0 aliphatic carbocycles. The van der Waals surface area contributed by atoms with Gasteiger partial charge in [-0.2, -0.15) is 0 Å². The van der Waals surface area contributed by atoms with E-state index in [1.807, 2.05) is 0 Å². The van der Waals surface area contributed by atoms with Crippen LogP contribution < -0.4 is 9.64 Å². The van der Waals surface area contributed by atoms with Crippen molar-refractivity contribution in [2.24, 2.45) is 0 Å². The molecule has 30 heavy (non-hydrogen) atoms. The fourth-order valence-corrected chi connectivity index (χ4v) is 3.48. The molecule has 1 N–H and O–H groups in total. The van der Waals surface area contributed by atoms with Gasteiger partial charge in [0, 0.05) is 17.3 Å². The SMILES string of the molecule is COc1cccc(/C(O)=C2\C(=O)C(=O)N(c3ccccn3)[C@H]2c2ccccc2F)c1. The third-order valence-corrected chi connectivity index (χ3v) is 4.88. The van der Waals surface area contributed by atoms with Gasteiger partial charge in [0.25, 0.3) is 5.78 Å². The summed E-state index contributed by atoms with van der Waals surface area (Å²) in [4.78, 5) is 31.1. The predicted molar refractivity (Wildman–Crippen MR) is 108 cm³/mol. The van der Waals surface area contributed by atoms with Crippen molar-refractivity contribution in [3.63, 3.8) is 0 Å². The molecule has 0 saturated carbocycles. The molecule has 4 rings (SSSR count). The van der Waals surface area contributed by atoms with Crippen molar-refractivity contribution in [3.05, 3.63) is 95.4 Å². The number of rotatable bonds is 4. The summed E-state index contributed by atoms with van der Waals surface area (Å²) in [6, 6.07) is 15.9. The number of carbonyl (C=O) groups excluding carboxylic acids is 2. The number of amides is 1. The first-order valence-electron chi connectivity index (χ1n) is 9.14. The zero-order valence-electron chi connectivity index (χ0n) is 15.9. The lowest BCUT2D eigenvalue weighted by Crippen LogP contribution is -2.30. The van der Waals surface area contributed by atoms with Crippen LogP contribution in [0, 0.1) is 5.82 Å². The Morgan fingerprint density at radius 1 is 1.07 bits per heavy atom. The number of halogens is 1. The highest BCUT2D eigenvalue weighted by Crippen LogP contribution is 2.42. The lowest BCUT2D eigenvalue weighted by atomic mass is 9.95. The summed E-state index contributed by atoms with van der Waals surface area (Å²) in [7, 11) is 1.47. The first kappa shape index (κ1) is 19.3. The Morgan fingerprint density at radius 2 is 1.83 bits per heavy atom. The molecule has 2 heterocycles. The third kappa shape index (κ3) is 3.20. The molecule has 1 amide bonds. The average molecular weight is 404 g/mol. The zero-order chi connectivity index (χ0) is 21.3. The summed E-state index contributed by atoms with van der Waals surface area (Å²) in [5, 5.41) is 11.0. The third-order valence-electron chi connectivity index (χ3n) is 4.88. The van der Waals surface area contributed by atoms with Gasteiger partial charge in [-0.15, -0.1) is 0 Å². The van der Waals surface area contributed by atoms with Crippen molar-refractivity contribution in [1.82, 2.24) is 4.98 Å². The highest BCUT2D eigenvalue weighted by atomic mass is 19.1. The van der Waals surface area contributed by atoms with E-state index in [-0.39, 0.29) is 22.5 Å². The van der Waals surface area contributed by atoms with E-state index in [0.717, 1.165) is 4.90 Å². The highest BCUT2D eigenvalue weighted by molar-refractivity contribution is 6.51. The number of pyridine rings is 1. The Morgan fingerprint density at radius 3 is 2.53 bits per heavy atom. The van der Waals surface area contributed by atoms with Crippen LogP contribution in [0.15, 0.2) is 78.5 Å². The van der Waals surface area contributed by atoms with Crippen molar-refractivity contribution in [2.45, 2.75) is 6.04 Å². The van der Waals surface area contributed by atoms with Gasteiger partial charge >= 0.3 is 5.91 Å². The summed E-state index contributed by atoms with van der Waals surface area (Å²) >= 11 is 0. The van der Waals surface area contributed by atoms with E-state index in [0.29, 0.717) is 5.75 Å². The van der Waals surface area contributed by atoms with Crippen molar-refractivity contribution < 1.29 is 23.8 Å². The molecule has 6 nitrogen and oxygen atoms in total. The molecule has 1 atom stereocenters. The molecular formula is C23H17FN2O4. The quantitative estimate of drug-likeness (QED) is 0.406. The van der Waals surface area contributed by atoms with Gasteiger partial charge in [-0.1, -0.05) is 36.4 Å². The number of anilines is 1. The van der Waals surface area contributed by atoms with Crippen LogP contribution in [0.1, 0.15) is 17.2 Å². The van der Waals surface area contributed by atoms with E-state index in [4.69, 9.17) is 4.74 Å². The molecule has 0 bridgehead atoms. The number of ether oxygens (including phenoxy) is 1. The van der Waals surface area contributed by atoms with Crippen molar-refractivity contribution in [2.75, 3.05) is 12.0 Å². The van der Waals surface area contributed by atoms with E-state index >= 15 is 0 Å². The summed E-state index contributed by atoms with van der Waals surface area (Å²) in [6.07, 6.45) is 1.47. The molecule has 0 radical (unpaired) electrons. The van der Waals surface area contributed by atoms with E-state index in [2.05, 4.69) is 4.98 Å². The van der Waals surface area contributed by atoms with Crippen LogP contribution in [0.25, 0.3) is 5.76 Å². The van der Waals surface area contributed by atoms with Crippen LogP contribution in [0.2, 0.25) is 0 Å². The monoisotopic (exact) mass is 404 g/mol. The largest absolute Gasteiger partial charge is 0.507 e. The van der Waals surface area contributed by atoms with Crippen molar-refractivity contribution >= 4 is 23.3 Å². The normalized spacial score (nSPS) is 17.9. The van der Waals surface area contributed by atoms with Gasteiger partial charge in [-0.05, 0) is 30.3 Å². The molecular weight excluding hydrogens is 387 g/mol. The molecule has 0 spiro atoms. The van der Waals surface area contributed by atoms with E-state index in [1.165, 1.54) is 37.6 Å². The van der Waals surface area contributed by atoms with Crippen molar-refractivity contribution in [3.8, 4) is 5.75 Å². The van der Waals surface area contributed by atoms with Crippen LogP contribution in [0.5, 0.6) is 5.75 Å². The first-order valence-corrected chi connectivity index (χ1v) is 9.14. The maximum absolute atomic E-state index is 14.7. The number of benzene rings is 2. The number of carbonyl (C=O) groups is 2. The number of hydrogen-bond acceptors (Lipinski definition) is 5. The van der Waals surface area contributed by atoms with Gasteiger partial charge in [0.15, 0.2) is 0 Å². The van der Waals surface area contributed by atoms with Crippen LogP contribution >= 0.6 is 0 Å². The van der Waals surface area contributed by atoms with Crippen molar-refractivity contribution in [1.29, 1.82) is 0 Å². The van der Waals surface area contributed by atoms with Gasteiger partial charge in [0.1, 0.15) is 23.1 Å². The number of ketones is 1. The Balaban J connectivity index is 1.97. The van der Waals surface area contributed by atoms with E-state index < -0.39 is 29.3 Å². The number of aliphatic hydroxyl groups excluding tert-OH is 1. The van der Waals surface area contributed by atoms with Gasteiger partial charge in [0.2, 0.25) is 0 Å². The fraction of sp³-hybridized carbons (Fsp3) is 0.0870. The Kier molecular flexibility index (Phi) is 5.02. The second-order valence-corrected chi connectivity index (χ2v) is 6.61. The molecule has 0 unspecified atom stereocenters. The minimum Gasteiger partial charge on any atom is -0.507 e. The molecule has 1 fully saturated rings. The van der Waals surface area contributed by atoms with Crippen LogP contribution in [0.3, 0.4) is 0 Å². The number of nitrogens with zero attached hydrogens (tertiary/aromatic N) is 2. The molecule has 1 aliphatic heterocycles. The molecule has 1 aromatic heterocycles. The lowest BCUT2D eigenvalue weighted by Gasteiger charge is -2.24. The second-order valence-electron chi connectivity index (χ2n) is 6.61. The standard InChI is InChI=1S/C23H17FN2O4/c1-30-15-8-6-7-14(13-15)21(27)19-20(16-9-2-3-10-17(16)24)26(23(29)22(19)28)18-11-4-5-12-25-18/h2-13,20,27H,1H3/b21-19+/t20-/m0/s1.